The number of phenolic OH excluding ortho intramolecular Hbond substituents is 1. The van der Waals surface area contributed by atoms with E-state index in [1.54, 1.807) is 24.5 Å². The number of Topliss-reactive ketones (excluding diaryl/α,β-unsaturated/α-hetero) is 2. The van der Waals surface area contributed by atoms with Crippen LogP contribution in [0.15, 0.2) is 47.5 Å². The van der Waals surface area contributed by atoms with Crippen molar-refractivity contribution in [2.75, 3.05) is 14.1 Å². The summed E-state index contributed by atoms with van der Waals surface area (Å²) in [6.07, 6.45) is 3.48. The Bertz CT molecular complexity index is 1670. The molecule has 1 fully saturated rings. The summed E-state index contributed by atoms with van der Waals surface area (Å²) in [5, 5.41) is 44.2. The molecule has 1 aromatic heterocycles. The van der Waals surface area contributed by atoms with E-state index in [1.165, 1.54) is 25.1 Å². The number of carbonyl (C=O) groups is 3. The number of fused-ring (bicyclic) bond motifs is 3. The number of aliphatic hydroxyl groups is 2. The summed E-state index contributed by atoms with van der Waals surface area (Å²) in [4.78, 5) is 45.9. The zero-order valence-electron chi connectivity index (χ0n) is 22.7. The van der Waals surface area contributed by atoms with E-state index in [2.05, 4.69) is 4.98 Å². The minimum absolute atomic E-state index is 0.0684. The zero-order valence-corrected chi connectivity index (χ0v) is 22.7. The van der Waals surface area contributed by atoms with Gasteiger partial charge in [0.05, 0.1) is 34.3 Å². The number of benzene rings is 1. The second-order valence-corrected chi connectivity index (χ2v) is 11.2. The number of nitrogens with zero attached hydrogens (tertiary/aromatic N) is 3. The predicted octanol–water partition coefficient (Wildman–Crippen LogP) is 0.530. The number of ketones is 2. The van der Waals surface area contributed by atoms with E-state index in [0.29, 0.717) is 23.1 Å². The number of nitrogens with two attached hydrogens (primary N) is 3. The first-order chi connectivity index (χ1) is 19.2. The number of pyridine rings is 1. The SMILES string of the molecule is CCc1cncc(-c2ccc(O)c3c2C[C@@]2(N)C[C@@]4(N)[C@H](N(C)C)C(=O)C(C(N)=O)=C(O)[C@@]4(C#N)C(=O)C2=C3O)c1. The molecular weight excluding hydrogens is 528 g/mol. The van der Waals surface area contributed by atoms with Crippen molar-refractivity contribution in [2.24, 2.45) is 22.6 Å². The van der Waals surface area contributed by atoms with Crippen LogP contribution in [-0.4, -0.2) is 73.9 Å². The molecule has 212 valence electrons. The van der Waals surface area contributed by atoms with Gasteiger partial charge >= 0.3 is 0 Å². The maximum Gasteiger partial charge on any atom is 0.255 e. The van der Waals surface area contributed by atoms with Gasteiger partial charge in [-0.15, -0.1) is 0 Å². The number of likely N-dealkylation sites (N-methyl/N-ethyl adjacent to an activating group) is 1. The molecule has 41 heavy (non-hydrogen) atoms. The molecule has 9 N–H and O–H groups in total. The molecule has 0 saturated heterocycles. The monoisotopic (exact) mass is 558 g/mol. The Hall–Kier alpha value is -4.57. The van der Waals surface area contributed by atoms with Gasteiger partial charge in [0, 0.05) is 18.0 Å². The third kappa shape index (κ3) is 3.43. The van der Waals surface area contributed by atoms with Gasteiger partial charge in [-0.2, -0.15) is 5.26 Å². The highest BCUT2D eigenvalue weighted by atomic mass is 16.3. The number of aromatic nitrogens is 1. The first-order valence-electron chi connectivity index (χ1n) is 12.9. The standard InChI is InChI=1S/C29H30N6O6/c1-4-13-7-14(10-34-9-13)15-5-6-17(36)18-16(15)8-27(32)11-29(33)23(35(2)3)22(38)19(26(31)41)24(39)28(29,12-30)25(40)20(27)21(18)37/h5-7,9-10,23,36-37,39H,4,8,11,32-33H2,1-3H3,(H2,31,41)/t23-,27-,28+,29-/m1/s1. The van der Waals surface area contributed by atoms with E-state index in [-0.39, 0.29) is 17.7 Å². The second-order valence-electron chi connectivity index (χ2n) is 11.2. The van der Waals surface area contributed by atoms with E-state index in [1.807, 2.05) is 13.0 Å². The average Bonchev–Trinajstić information content (AvgIpc) is 2.87. The van der Waals surface area contributed by atoms with Gasteiger partial charge in [0.2, 0.25) is 0 Å². The zero-order chi connectivity index (χ0) is 30.2. The summed E-state index contributed by atoms with van der Waals surface area (Å²) in [5.41, 5.74) is 13.8. The minimum atomic E-state index is -2.70. The van der Waals surface area contributed by atoms with Gasteiger partial charge in [-0.25, -0.2) is 0 Å². The Morgan fingerprint density at radius 3 is 2.46 bits per heavy atom. The molecule has 0 aliphatic heterocycles. The molecule has 1 saturated carbocycles. The summed E-state index contributed by atoms with van der Waals surface area (Å²) in [7, 11) is 2.94. The van der Waals surface area contributed by atoms with Crippen LogP contribution in [0.1, 0.15) is 30.0 Å². The lowest BCUT2D eigenvalue weighted by Crippen LogP contribution is -2.80. The van der Waals surface area contributed by atoms with Crippen molar-refractivity contribution < 1.29 is 29.7 Å². The topological polar surface area (TPSA) is 230 Å². The van der Waals surface area contributed by atoms with Crippen LogP contribution in [0.3, 0.4) is 0 Å². The van der Waals surface area contributed by atoms with Gasteiger partial charge in [0.1, 0.15) is 22.8 Å². The fraction of sp³-hybridized carbons (Fsp3) is 0.345. The number of hydrogen-bond acceptors (Lipinski definition) is 11. The summed E-state index contributed by atoms with van der Waals surface area (Å²) in [5.74, 6) is -5.71. The maximum absolute atomic E-state index is 14.4. The van der Waals surface area contributed by atoms with Gasteiger partial charge in [-0.1, -0.05) is 13.0 Å². The van der Waals surface area contributed by atoms with Crippen LogP contribution < -0.4 is 17.2 Å². The van der Waals surface area contributed by atoms with E-state index in [4.69, 9.17) is 17.2 Å². The minimum Gasteiger partial charge on any atom is -0.509 e. The lowest BCUT2D eigenvalue weighted by atomic mass is 9.47. The van der Waals surface area contributed by atoms with E-state index < -0.39 is 69.1 Å². The van der Waals surface area contributed by atoms with Gasteiger partial charge in [-0.3, -0.25) is 24.3 Å². The van der Waals surface area contributed by atoms with Crippen molar-refractivity contribution in [3.8, 4) is 22.9 Å². The fourth-order valence-electron chi connectivity index (χ4n) is 6.93. The summed E-state index contributed by atoms with van der Waals surface area (Å²) < 4.78 is 0. The molecule has 1 heterocycles. The van der Waals surface area contributed by atoms with E-state index in [0.717, 1.165) is 5.56 Å². The quantitative estimate of drug-likeness (QED) is 0.283. The largest absolute Gasteiger partial charge is 0.509 e. The van der Waals surface area contributed by atoms with Crippen molar-refractivity contribution in [3.05, 3.63) is 64.2 Å². The number of carbonyl (C=O) groups excluding carboxylic acids is 3. The normalized spacial score (nSPS) is 29.1. The molecule has 12 heteroatoms. The Morgan fingerprint density at radius 2 is 1.88 bits per heavy atom. The molecule has 3 aliphatic rings. The lowest BCUT2D eigenvalue weighted by Gasteiger charge is -2.58. The van der Waals surface area contributed by atoms with Crippen LogP contribution in [0.4, 0.5) is 0 Å². The van der Waals surface area contributed by atoms with Crippen molar-refractivity contribution in [1.82, 2.24) is 9.88 Å². The number of amides is 1. The molecule has 0 unspecified atom stereocenters. The number of aliphatic hydroxyl groups excluding tert-OH is 2. The Labute approximate surface area is 235 Å². The van der Waals surface area contributed by atoms with Crippen LogP contribution in [0.5, 0.6) is 5.75 Å². The molecule has 4 atom stereocenters. The van der Waals surface area contributed by atoms with Gasteiger partial charge in [0.25, 0.3) is 5.91 Å². The molecule has 2 aromatic rings. The van der Waals surface area contributed by atoms with Crippen LogP contribution >= 0.6 is 0 Å². The number of phenols is 1. The highest BCUT2D eigenvalue weighted by Gasteiger charge is 2.74. The smallest absolute Gasteiger partial charge is 0.255 e. The molecular formula is C29H30N6O6. The highest BCUT2D eigenvalue weighted by Crippen LogP contribution is 2.58. The van der Waals surface area contributed by atoms with E-state index >= 15 is 0 Å². The first-order valence-corrected chi connectivity index (χ1v) is 12.9. The van der Waals surface area contributed by atoms with Gasteiger partial charge in [0.15, 0.2) is 17.0 Å². The summed E-state index contributed by atoms with van der Waals surface area (Å²) in [6.45, 7) is 1.97. The summed E-state index contributed by atoms with van der Waals surface area (Å²) >= 11 is 0. The molecule has 5 rings (SSSR count). The van der Waals surface area contributed by atoms with Crippen molar-refractivity contribution in [1.29, 1.82) is 5.26 Å². The molecule has 0 spiro atoms. The molecule has 12 nitrogen and oxygen atoms in total. The van der Waals surface area contributed by atoms with E-state index in [9.17, 15) is 35.0 Å². The fourth-order valence-corrected chi connectivity index (χ4v) is 6.93. The molecule has 0 radical (unpaired) electrons. The van der Waals surface area contributed by atoms with Crippen LogP contribution in [0.2, 0.25) is 0 Å². The number of primary amides is 1. The number of aryl methyl sites for hydroxylation is 1. The molecule has 0 bridgehead atoms. The number of rotatable bonds is 4. The average molecular weight is 559 g/mol. The first kappa shape index (κ1) is 28.0. The van der Waals surface area contributed by atoms with Gasteiger partial charge in [-0.05, 0) is 62.2 Å². The molecule has 1 aromatic carbocycles. The number of hydrogen-bond donors (Lipinski definition) is 6. The van der Waals surface area contributed by atoms with Crippen molar-refractivity contribution in [3.63, 3.8) is 0 Å². The van der Waals surface area contributed by atoms with Crippen molar-refractivity contribution in [2.45, 2.75) is 43.3 Å². The number of nitriles is 1. The predicted molar refractivity (Wildman–Crippen MR) is 147 cm³/mol. The third-order valence-electron chi connectivity index (χ3n) is 8.65. The molecule has 3 aliphatic carbocycles. The highest BCUT2D eigenvalue weighted by molar-refractivity contribution is 6.25. The Balaban J connectivity index is 1.85. The van der Waals surface area contributed by atoms with Gasteiger partial charge < -0.3 is 32.5 Å². The lowest BCUT2D eigenvalue weighted by molar-refractivity contribution is -0.139. The Kier molecular flexibility index (Phi) is 6.12. The van der Waals surface area contributed by atoms with Crippen LogP contribution in [0.25, 0.3) is 16.9 Å². The van der Waals surface area contributed by atoms with Crippen molar-refractivity contribution >= 4 is 23.2 Å². The second kappa shape index (κ2) is 8.97. The third-order valence-corrected chi connectivity index (χ3v) is 8.65. The molecule has 1 amide bonds. The van der Waals surface area contributed by atoms with Crippen LogP contribution in [-0.2, 0) is 27.2 Å². The van der Waals surface area contributed by atoms with Crippen LogP contribution in [0, 0.1) is 16.7 Å². The summed E-state index contributed by atoms with van der Waals surface area (Å²) in [6, 6.07) is 5.22. The number of aromatic hydroxyl groups is 1. The maximum atomic E-state index is 14.4. The Morgan fingerprint density at radius 1 is 1.20 bits per heavy atom.